The molecular formula is C10H11BrN2O2. The van der Waals surface area contributed by atoms with Gasteiger partial charge >= 0.3 is 0 Å². The van der Waals surface area contributed by atoms with Crippen LogP contribution in [0.4, 0.5) is 0 Å². The Bertz CT molecular complexity index is 450. The monoisotopic (exact) mass is 270 g/mol. The van der Waals surface area contributed by atoms with Gasteiger partial charge in [-0.1, -0.05) is 6.92 Å². The van der Waals surface area contributed by atoms with Crippen LogP contribution in [0.5, 0.6) is 0 Å². The van der Waals surface area contributed by atoms with Gasteiger partial charge in [-0.25, -0.2) is 4.98 Å². The Kier molecular flexibility index (Phi) is 2.93. The first-order valence-electron chi connectivity index (χ1n) is 4.62. The summed E-state index contributed by atoms with van der Waals surface area (Å²) in [4.78, 5) is 4.13. The quantitative estimate of drug-likeness (QED) is 0.932. The van der Waals surface area contributed by atoms with Gasteiger partial charge in [0.25, 0.3) is 5.89 Å². The Morgan fingerprint density at radius 2 is 2.27 bits per heavy atom. The van der Waals surface area contributed by atoms with E-state index in [-0.39, 0.29) is 5.92 Å². The molecule has 0 saturated heterocycles. The molecule has 0 fully saturated rings. The van der Waals surface area contributed by atoms with E-state index in [0.29, 0.717) is 22.9 Å². The van der Waals surface area contributed by atoms with Crippen LogP contribution in [-0.2, 0) is 0 Å². The lowest BCUT2D eigenvalue weighted by Gasteiger charge is -2.01. The Morgan fingerprint density at radius 1 is 1.47 bits per heavy atom. The number of oxazole rings is 1. The van der Waals surface area contributed by atoms with Crippen molar-refractivity contribution in [3.63, 3.8) is 0 Å². The SMILES string of the molecule is CC(CN)c1cnc(-c2ccc(Br)o2)o1. The molecule has 0 bridgehead atoms. The molecule has 2 aromatic rings. The minimum Gasteiger partial charge on any atom is -0.444 e. The Hall–Kier alpha value is -1.07. The molecule has 0 aliphatic carbocycles. The highest BCUT2D eigenvalue weighted by Crippen LogP contribution is 2.26. The highest BCUT2D eigenvalue weighted by Gasteiger charge is 2.13. The van der Waals surface area contributed by atoms with Crippen molar-refractivity contribution in [2.24, 2.45) is 5.73 Å². The lowest BCUT2D eigenvalue weighted by Crippen LogP contribution is -2.07. The fourth-order valence-corrected chi connectivity index (χ4v) is 1.48. The van der Waals surface area contributed by atoms with Crippen LogP contribution in [0.25, 0.3) is 11.7 Å². The van der Waals surface area contributed by atoms with Gasteiger partial charge in [-0.05, 0) is 28.1 Å². The molecule has 1 atom stereocenters. The van der Waals surface area contributed by atoms with Crippen LogP contribution in [0.15, 0.2) is 31.8 Å². The van der Waals surface area contributed by atoms with Gasteiger partial charge in [-0.3, -0.25) is 0 Å². The van der Waals surface area contributed by atoms with E-state index in [1.54, 1.807) is 18.3 Å². The third-order valence-electron chi connectivity index (χ3n) is 2.15. The number of nitrogens with two attached hydrogens (primary N) is 1. The molecule has 2 N–H and O–H groups in total. The zero-order valence-corrected chi connectivity index (χ0v) is 9.82. The highest BCUT2D eigenvalue weighted by molar-refractivity contribution is 9.10. The number of halogens is 1. The van der Waals surface area contributed by atoms with Gasteiger partial charge in [0.15, 0.2) is 10.4 Å². The van der Waals surface area contributed by atoms with Crippen LogP contribution in [-0.4, -0.2) is 11.5 Å². The van der Waals surface area contributed by atoms with E-state index >= 15 is 0 Å². The van der Waals surface area contributed by atoms with Gasteiger partial charge in [-0.15, -0.1) is 0 Å². The van der Waals surface area contributed by atoms with Gasteiger partial charge in [-0.2, -0.15) is 0 Å². The second-order valence-corrected chi connectivity index (χ2v) is 4.09. The van der Waals surface area contributed by atoms with Crippen molar-refractivity contribution in [3.05, 3.63) is 28.8 Å². The molecule has 0 saturated carbocycles. The van der Waals surface area contributed by atoms with Gasteiger partial charge in [0, 0.05) is 12.5 Å². The standard InChI is InChI=1S/C10H11BrN2O2/c1-6(4-12)8-5-13-10(15-8)7-2-3-9(11)14-7/h2-3,5-6H,4,12H2,1H3. The normalized spacial score (nSPS) is 13.0. The van der Waals surface area contributed by atoms with Crippen molar-refractivity contribution in [1.29, 1.82) is 0 Å². The zero-order chi connectivity index (χ0) is 10.8. The number of hydrogen-bond acceptors (Lipinski definition) is 4. The zero-order valence-electron chi connectivity index (χ0n) is 8.24. The minimum atomic E-state index is 0.171. The van der Waals surface area contributed by atoms with Gasteiger partial charge in [0.05, 0.1) is 6.20 Å². The molecular weight excluding hydrogens is 260 g/mol. The Balaban J connectivity index is 2.27. The molecule has 5 heteroatoms. The summed E-state index contributed by atoms with van der Waals surface area (Å²) in [6.45, 7) is 2.53. The molecule has 0 aliphatic rings. The smallest absolute Gasteiger partial charge is 0.263 e. The molecule has 0 aliphatic heterocycles. The largest absolute Gasteiger partial charge is 0.444 e. The molecule has 0 spiro atoms. The number of rotatable bonds is 3. The second-order valence-electron chi connectivity index (χ2n) is 3.31. The predicted molar refractivity (Wildman–Crippen MR) is 59.4 cm³/mol. The molecule has 80 valence electrons. The van der Waals surface area contributed by atoms with Gasteiger partial charge in [0.2, 0.25) is 0 Å². The predicted octanol–water partition coefficient (Wildman–Crippen LogP) is 2.76. The summed E-state index contributed by atoms with van der Waals surface area (Å²) in [5, 5.41) is 0. The topological polar surface area (TPSA) is 65.2 Å². The number of aromatic nitrogens is 1. The summed E-state index contributed by atoms with van der Waals surface area (Å²) in [5.41, 5.74) is 5.54. The second kappa shape index (κ2) is 4.20. The van der Waals surface area contributed by atoms with E-state index < -0.39 is 0 Å². The number of furan rings is 1. The molecule has 2 rings (SSSR count). The van der Waals surface area contributed by atoms with E-state index in [9.17, 15) is 0 Å². The van der Waals surface area contributed by atoms with Crippen molar-refractivity contribution in [1.82, 2.24) is 4.98 Å². The maximum atomic E-state index is 5.54. The van der Waals surface area contributed by atoms with Crippen molar-refractivity contribution in [3.8, 4) is 11.7 Å². The third kappa shape index (κ3) is 2.13. The molecule has 0 aromatic carbocycles. The molecule has 2 heterocycles. The maximum Gasteiger partial charge on any atom is 0.263 e. The fraction of sp³-hybridized carbons (Fsp3) is 0.300. The molecule has 1 unspecified atom stereocenters. The van der Waals surface area contributed by atoms with Crippen LogP contribution in [0, 0.1) is 0 Å². The molecule has 4 nitrogen and oxygen atoms in total. The van der Waals surface area contributed by atoms with E-state index in [1.165, 1.54) is 0 Å². The van der Waals surface area contributed by atoms with Crippen LogP contribution < -0.4 is 5.73 Å². The Labute approximate surface area is 95.6 Å². The first-order valence-corrected chi connectivity index (χ1v) is 5.41. The summed E-state index contributed by atoms with van der Waals surface area (Å²) in [6, 6.07) is 3.60. The first kappa shape index (κ1) is 10.4. The molecule has 15 heavy (non-hydrogen) atoms. The lowest BCUT2D eigenvalue weighted by molar-refractivity contribution is 0.460. The number of hydrogen-bond donors (Lipinski definition) is 1. The molecule has 0 amide bonds. The van der Waals surface area contributed by atoms with Crippen molar-refractivity contribution >= 4 is 15.9 Å². The third-order valence-corrected chi connectivity index (χ3v) is 2.57. The van der Waals surface area contributed by atoms with Crippen LogP contribution in [0.3, 0.4) is 0 Å². The van der Waals surface area contributed by atoms with Crippen LogP contribution in [0.1, 0.15) is 18.6 Å². The van der Waals surface area contributed by atoms with Gasteiger partial charge < -0.3 is 14.6 Å². The highest BCUT2D eigenvalue weighted by atomic mass is 79.9. The molecule has 0 radical (unpaired) electrons. The van der Waals surface area contributed by atoms with E-state index in [4.69, 9.17) is 14.6 Å². The van der Waals surface area contributed by atoms with Crippen molar-refractivity contribution < 1.29 is 8.83 Å². The summed E-state index contributed by atoms with van der Waals surface area (Å²) in [6.07, 6.45) is 1.68. The Morgan fingerprint density at radius 3 is 2.87 bits per heavy atom. The summed E-state index contributed by atoms with van der Waals surface area (Å²) in [7, 11) is 0. The van der Waals surface area contributed by atoms with Crippen molar-refractivity contribution in [2.45, 2.75) is 12.8 Å². The maximum absolute atomic E-state index is 5.54. The first-order chi connectivity index (χ1) is 7.20. The number of nitrogens with zero attached hydrogens (tertiary/aromatic N) is 1. The molecule has 2 aromatic heterocycles. The average Bonchev–Trinajstić information content (AvgIpc) is 2.84. The summed E-state index contributed by atoms with van der Waals surface area (Å²) in [5.74, 6) is 2.04. The van der Waals surface area contributed by atoms with Crippen molar-refractivity contribution in [2.75, 3.05) is 6.54 Å². The van der Waals surface area contributed by atoms with E-state index in [0.717, 1.165) is 5.76 Å². The minimum absolute atomic E-state index is 0.171. The summed E-state index contributed by atoms with van der Waals surface area (Å²) < 4.78 is 11.5. The van der Waals surface area contributed by atoms with Crippen LogP contribution >= 0.6 is 15.9 Å². The average molecular weight is 271 g/mol. The van der Waals surface area contributed by atoms with Gasteiger partial charge in [0.1, 0.15) is 5.76 Å². The van der Waals surface area contributed by atoms with Crippen LogP contribution in [0.2, 0.25) is 0 Å². The van der Waals surface area contributed by atoms with E-state index in [2.05, 4.69) is 20.9 Å². The fourth-order valence-electron chi connectivity index (χ4n) is 1.17. The lowest BCUT2D eigenvalue weighted by atomic mass is 10.1. The van der Waals surface area contributed by atoms with E-state index in [1.807, 2.05) is 6.92 Å². The summed E-state index contributed by atoms with van der Waals surface area (Å²) >= 11 is 3.22.